The Hall–Kier alpha value is -2.19. The number of nitrogens with one attached hydrogen (secondary N) is 2. The fourth-order valence-electron chi connectivity index (χ4n) is 3.03. The lowest BCUT2D eigenvalue weighted by Crippen LogP contribution is -2.41. The van der Waals surface area contributed by atoms with Crippen molar-refractivity contribution in [1.29, 1.82) is 0 Å². The number of piperidine rings is 1. The van der Waals surface area contributed by atoms with E-state index in [4.69, 9.17) is 0 Å². The Morgan fingerprint density at radius 1 is 1.11 bits per heavy atom. The van der Waals surface area contributed by atoms with E-state index in [9.17, 15) is 14.4 Å². The third kappa shape index (κ3) is 5.20. The number of rotatable bonds is 5. The van der Waals surface area contributed by atoms with Gasteiger partial charge in [0.15, 0.2) is 0 Å². The van der Waals surface area contributed by atoms with Crippen LogP contribution in [0.3, 0.4) is 0 Å². The normalized spacial score (nSPS) is 15.0. The van der Waals surface area contributed by atoms with Crippen molar-refractivity contribution in [2.45, 2.75) is 32.2 Å². The average Bonchev–Trinajstić information content (AvgIpc) is 3.14. The number of halogens is 1. The molecular weight excluding hydrogens is 442 g/mol. The zero-order valence-corrected chi connectivity index (χ0v) is 17.9. The first-order valence-corrected chi connectivity index (χ1v) is 10.8. The maximum Gasteiger partial charge on any atom is 0.262 e. The number of benzene rings is 1. The second-order valence-electron chi connectivity index (χ2n) is 6.72. The third-order valence-corrected chi connectivity index (χ3v) is 6.18. The maximum atomic E-state index is 12.6. The van der Waals surface area contributed by atoms with E-state index in [1.165, 1.54) is 11.3 Å². The summed E-state index contributed by atoms with van der Waals surface area (Å²) in [7, 11) is 0. The largest absolute Gasteiger partial charge is 0.340 e. The van der Waals surface area contributed by atoms with E-state index in [0.29, 0.717) is 16.1 Å². The highest BCUT2D eigenvalue weighted by atomic mass is 79.9. The van der Waals surface area contributed by atoms with Crippen LogP contribution in [0, 0.1) is 0 Å². The van der Waals surface area contributed by atoms with Crippen molar-refractivity contribution in [2.75, 3.05) is 18.4 Å². The summed E-state index contributed by atoms with van der Waals surface area (Å²) in [6, 6.07) is 9.69. The predicted molar refractivity (Wildman–Crippen MR) is 114 cm³/mol. The van der Waals surface area contributed by atoms with Gasteiger partial charge in [-0.1, -0.05) is 6.07 Å². The van der Waals surface area contributed by atoms with Gasteiger partial charge in [-0.2, -0.15) is 0 Å². The summed E-state index contributed by atoms with van der Waals surface area (Å²) in [5.74, 6) is -0.653. The number of amides is 3. The number of hydrogen-bond donors (Lipinski definition) is 2. The molecule has 6 nitrogen and oxygen atoms in total. The van der Waals surface area contributed by atoms with Gasteiger partial charge in [0.1, 0.15) is 6.04 Å². The SMILES string of the molecule is CC(NC(=O)c1ccc(Br)s1)C(=O)Nc1cccc(C(=O)N2CCCCC2)c1. The summed E-state index contributed by atoms with van der Waals surface area (Å²) < 4.78 is 0.852. The minimum absolute atomic E-state index is 0.0135. The smallest absolute Gasteiger partial charge is 0.262 e. The van der Waals surface area contributed by atoms with Crippen LogP contribution in [0.25, 0.3) is 0 Å². The van der Waals surface area contributed by atoms with Crippen LogP contribution in [-0.2, 0) is 4.79 Å². The number of carbonyl (C=O) groups is 3. The van der Waals surface area contributed by atoms with E-state index < -0.39 is 6.04 Å². The molecule has 1 aromatic heterocycles. The first-order valence-electron chi connectivity index (χ1n) is 9.20. The number of likely N-dealkylation sites (tertiary alicyclic amines) is 1. The van der Waals surface area contributed by atoms with Gasteiger partial charge in [0.2, 0.25) is 5.91 Å². The fourth-order valence-corrected chi connectivity index (χ4v) is 4.32. The summed E-state index contributed by atoms with van der Waals surface area (Å²) in [6.07, 6.45) is 3.21. The van der Waals surface area contributed by atoms with Crippen LogP contribution >= 0.6 is 27.3 Å². The highest BCUT2D eigenvalue weighted by Gasteiger charge is 2.20. The summed E-state index contributed by atoms with van der Waals surface area (Å²) >= 11 is 4.62. The highest BCUT2D eigenvalue weighted by Crippen LogP contribution is 2.22. The lowest BCUT2D eigenvalue weighted by Gasteiger charge is -2.26. The molecule has 1 fully saturated rings. The molecule has 0 saturated carbocycles. The standard InChI is InChI=1S/C20H22BrN3O3S/c1-13(22-19(26)16-8-9-17(21)28-16)18(25)23-15-7-5-6-14(12-15)20(27)24-10-3-2-4-11-24/h5-9,12-13H,2-4,10-11H2,1H3,(H,22,26)(H,23,25). The summed E-state index contributed by atoms with van der Waals surface area (Å²) in [5.41, 5.74) is 1.09. The van der Waals surface area contributed by atoms with Gasteiger partial charge >= 0.3 is 0 Å². The van der Waals surface area contributed by atoms with E-state index in [2.05, 4.69) is 26.6 Å². The Kier molecular flexibility index (Phi) is 6.85. The first kappa shape index (κ1) is 20.5. The molecule has 1 aliphatic heterocycles. The molecule has 1 unspecified atom stereocenters. The van der Waals surface area contributed by atoms with Gasteiger partial charge in [-0.05, 0) is 72.4 Å². The predicted octanol–water partition coefficient (Wildman–Crippen LogP) is 3.89. The number of anilines is 1. The molecule has 2 heterocycles. The van der Waals surface area contributed by atoms with Crippen molar-refractivity contribution in [3.8, 4) is 0 Å². The Balaban J connectivity index is 1.60. The van der Waals surface area contributed by atoms with Crippen molar-refractivity contribution >= 4 is 50.7 Å². The highest BCUT2D eigenvalue weighted by molar-refractivity contribution is 9.11. The monoisotopic (exact) mass is 463 g/mol. The second kappa shape index (κ2) is 9.34. The fraction of sp³-hybridized carbons (Fsp3) is 0.350. The van der Waals surface area contributed by atoms with Gasteiger partial charge in [-0.3, -0.25) is 14.4 Å². The lowest BCUT2D eigenvalue weighted by molar-refractivity contribution is -0.117. The van der Waals surface area contributed by atoms with Crippen LogP contribution in [0.2, 0.25) is 0 Å². The molecule has 2 N–H and O–H groups in total. The lowest BCUT2D eigenvalue weighted by atomic mass is 10.1. The van der Waals surface area contributed by atoms with Gasteiger partial charge in [-0.25, -0.2) is 0 Å². The van der Waals surface area contributed by atoms with Crippen LogP contribution in [-0.4, -0.2) is 41.8 Å². The molecule has 1 atom stereocenters. The molecule has 3 amide bonds. The topological polar surface area (TPSA) is 78.5 Å². The number of nitrogens with zero attached hydrogens (tertiary/aromatic N) is 1. The van der Waals surface area contributed by atoms with Crippen LogP contribution < -0.4 is 10.6 Å². The van der Waals surface area contributed by atoms with Crippen LogP contribution in [0.1, 0.15) is 46.2 Å². The molecule has 148 valence electrons. The van der Waals surface area contributed by atoms with Crippen LogP contribution in [0.15, 0.2) is 40.2 Å². The van der Waals surface area contributed by atoms with E-state index in [-0.39, 0.29) is 17.7 Å². The molecule has 2 aromatic rings. The molecule has 0 bridgehead atoms. The molecule has 0 aliphatic carbocycles. The van der Waals surface area contributed by atoms with Gasteiger partial charge in [-0.15, -0.1) is 11.3 Å². The zero-order valence-electron chi connectivity index (χ0n) is 15.5. The summed E-state index contributed by atoms with van der Waals surface area (Å²) in [4.78, 5) is 39.6. The molecule has 3 rings (SSSR count). The van der Waals surface area contributed by atoms with Crippen molar-refractivity contribution in [1.82, 2.24) is 10.2 Å². The molecule has 8 heteroatoms. The number of thiophene rings is 1. The van der Waals surface area contributed by atoms with Gasteiger partial charge < -0.3 is 15.5 Å². The molecule has 0 spiro atoms. The Labute approximate surface area is 176 Å². The molecule has 28 heavy (non-hydrogen) atoms. The second-order valence-corrected chi connectivity index (χ2v) is 9.18. The minimum atomic E-state index is -0.713. The Morgan fingerprint density at radius 2 is 1.86 bits per heavy atom. The van der Waals surface area contributed by atoms with E-state index in [1.54, 1.807) is 43.3 Å². The van der Waals surface area contributed by atoms with E-state index >= 15 is 0 Å². The maximum absolute atomic E-state index is 12.6. The molecule has 1 aromatic carbocycles. The van der Waals surface area contributed by atoms with E-state index in [1.807, 2.05) is 4.90 Å². The molecule has 1 aliphatic rings. The summed E-state index contributed by atoms with van der Waals surface area (Å²) in [5, 5.41) is 5.45. The first-order chi connectivity index (χ1) is 13.4. The van der Waals surface area contributed by atoms with Crippen molar-refractivity contribution in [3.63, 3.8) is 0 Å². The van der Waals surface area contributed by atoms with Crippen LogP contribution in [0.5, 0.6) is 0 Å². The molecular formula is C20H22BrN3O3S. The van der Waals surface area contributed by atoms with E-state index in [0.717, 1.165) is 36.1 Å². The number of carbonyl (C=O) groups excluding carboxylic acids is 3. The van der Waals surface area contributed by atoms with Crippen molar-refractivity contribution < 1.29 is 14.4 Å². The molecule has 1 saturated heterocycles. The Morgan fingerprint density at radius 3 is 2.54 bits per heavy atom. The van der Waals surface area contributed by atoms with Crippen molar-refractivity contribution in [3.05, 3.63) is 50.6 Å². The van der Waals surface area contributed by atoms with Gasteiger partial charge in [0.05, 0.1) is 8.66 Å². The zero-order chi connectivity index (χ0) is 20.1. The van der Waals surface area contributed by atoms with Crippen LogP contribution in [0.4, 0.5) is 5.69 Å². The van der Waals surface area contributed by atoms with Gasteiger partial charge in [0.25, 0.3) is 11.8 Å². The third-order valence-electron chi connectivity index (χ3n) is 4.56. The minimum Gasteiger partial charge on any atom is -0.340 e. The number of hydrogen-bond acceptors (Lipinski definition) is 4. The van der Waals surface area contributed by atoms with Gasteiger partial charge in [0, 0.05) is 24.3 Å². The van der Waals surface area contributed by atoms with Crippen molar-refractivity contribution in [2.24, 2.45) is 0 Å². The summed E-state index contributed by atoms with van der Waals surface area (Å²) in [6.45, 7) is 3.17. The Bertz CT molecular complexity index is 877. The quantitative estimate of drug-likeness (QED) is 0.705. The average molecular weight is 464 g/mol. The molecule has 0 radical (unpaired) electrons.